The first-order valence-electron chi connectivity index (χ1n) is 8.68. The second-order valence-electron chi connectivity index (χ2n) is 5.48. The number of carbonyl (C=O) groups excluding carboxylic acids is 4. The third kappa shape index (κ3) is 15.1. The fourth-order valence-corrected chi connectivity index (χ4v) is 1.97. The molecule has 8 heteroatoms. The molecule has 0 saturated heterocycles. The lowest BCUT2D eigenvalue weighted by Gasteiger charge is -2.06. The van der Waals surface area contributed by atoms with Crippen LogP contribution in [-0.4, -0.2) is 45.0 Å². The molecule has 0 heterocycles. The molecule has 0 aromatic heterocycles. The number of rotatable bonds is 11. The van der Waals surface area contributed by atoms with E-state index in [4.69, 9.17) is 4.79 Å². The summed E-state index contributed by atoms with van der Waals surface area (Å²) in [5, 5.41) is 5.55. The number of benzene rings is 1. The van der Waals surface area contributed by atoms with E-state index in [0.29, 0.717) is 51.5 Å². The number of amides is 2. The van der Waals surface area contributed by atoms with Crippen molar-refractivity contribution in [1.29, 1.82) is 0 Å². The fraction of sp³-hybridized carbons (Fsp3) is 0.474. The van der Waals surface area contributed by atoms with Crippen LogP contribution in [0.4, 0.5) is 5.69 Å². The second-order valence-corrected chi connectivity index (χ2v) is 5.48. The quantitative estimate of drug-likeness (QED) is 0.345. The number of carbonyl (C=O) groups is 4. The van der Waals surface area contributed by atoms with Crippen LogP contribution in [0, 0.1) is 0 Å². The zero-order valence-electron chi connectivity index (χ0n) is 15.9. The van der Waals surface area contributed by atoms with E-state index >= 15 is 0 Å². The number of hydrogen-bond donors (Lipinski definition) is 2. The van der Waals surface area contributed by atoms with Crippen molar-refractivity contribution in [2.75, 3.05) is 26.1 Å². The van der Waals surface area contributed by atoms with Crippen LogP contribution < -0.4 is 10.6 Å². The Morgan fingerprint density at radius 3 is 2.07 bits per heavy atom. The molecule has 1 rings (SSSR count). The lowest BCUT2D eigenvalue weighted by atomic mass is 10.1. The highest BCUT2D eigenvalue weighted by Gasteiger charge is 2.05. The first-order chi connectivity index (χ1) is 13.0. The number of nitrogens with one attached hydrogen (secondary N) is 2. The maximum Gasteiger partial charge on any atom is 0.305 e. The van der Waals surface area contributed by atoms with Crippen molar-refractivity contribution < 1.29 is 28.7 Å². The summed E-state index contributed by atoms with van der Waals surface area (Å²) in [5.41, 5.74) is 0.779. The first kappa shape index (κ1) is 24.1. The van der Waals surface area contributed by atoms with Crippen molar-refractivity contribution in [3.05, 3.63) is 30.3 Å². The monoisotopic (exact) mass is 380 g/mol. The molecule has 0 unspecified atom stereocenters. The van der Waals surface area contributed by atoms with E-state index in [1.165, 1.54) is 14.2 Å². The number of ether oxygens (including phenoxy) is 2. The van der Waals surface area contributed by atoms with Gasteiger partial charge < -0.3 is 20.1 Å². The van der Waals surface area contributed by atoms with Gasteiger partial charge in [-0.05, 0) is 31.4 Å². The predicted octanol–water partition coefficient (Wildman–Crippen LogP) is 2.04. The van der Waals surface area contributed by atoms with Crippen molar-refractivity contribution in [3.8, 4) is 0 Å². The fourth-order valence-electron chi connectivity index (χ4n) is 1.97. The minimum Gasteiger partial charge on any atom is -0.471 e. The molecule has 27 heavy (non-hydrogen) atoms. The van der Waals surface area contributed by atoms with E-state index in [1.807, 2.05) is 30.3 Å². The Kier molecular flexibility index (Phi) is 14.8. The highest BCUT2D eigenvalue weighted by molar-refractivity contribution is 5.90. The molecule has 0 radical (unpaired) electrons. The highest BCUT2D eigenvalue weighted by Crippen LogP contribution is 2.07. The summed E-state index contributed by atoms with van der Waals surface area (Å²) in [6.45, 7) is 0.836. The topological polar surface area (TPSA) is 111 Å². The summed E-state index contributed by atoms with van der Waals surface area (Å²) in [6, 6.07) is 9.28. The maximum atomic E-state index is 11.7. The number of para-hydroxylation sites is 1. The number of hydrogen-bond acceptors (Lipinski definition) is 6. The SMILES string of the molecule is COC(=O)CCCNC(=O)CCCCC(=O)Nc1ccccc1.COC=O. The van der Waals surface area contributed by atoms with Crippen LogP contribution >= 0.6 is 0 Å². The van der Waals surface area contributed by atoms with Gasteiger partial charge in [-0.15, -0.1) is 0 Å². The average Bonchev–Trinajstić information content (AvgIpc) is 2.69. The summed E-state index contributed by atoms with van der Waals surface area (Å²) in [4.78, 5) is 43.1. The molecule has 1 aromatic carbocycles. The van der Waals surface area contributed by atoms with Gasteiger partial charge in [0.1, 0.15) is 0 Å². The lowest BCUT2D eigenvalue weighted by Crippen LogP contribution is -2.24. The summed E-state index contributed by atoms with van der Waals surface area (Å²) in [7, 11) is 2.65. The minimum atomic E-state index is -0.274. The number of methoxy groups -OCH3 is 2. The van der Waals surface area contributed by atoms with Gasteiger partial charge in [0, 0.05) is 31.5 Å². The number of anilines is 1. The zero-order chi connectivity index (χ0) is 20.3. The Morgan fingerprint density at radius 2 is 1.52 bits per heavy atom. The Labute approximate surface area is 159 Å². The van der Waals surface area contributed by atoms with Crippen molar-refractivity contribution >= 4 is 29.9 Å². The Hall–Kier alpha value is -2.90. The van der Waals surface area contributed by atoms with Gasteiger partial charge in [0.2, 0.25) is 11.8 Å². The Balaban J connectivity index is 0.00000153. The molecule has 0 saturated carbocycles. The average molecular weight is 380 g/mol. The highest BCUT2D eigenvalue weighted by atomic mass is 16.5. The van der Waals surface area contributed by atoms with Gasteiger partial charge in [0.25, 0.3) is 6.47 Å². The largest absolute Gasteiger partial charge is 0.471 e. The molecule has 2 N–H and O–H groups in total. The molecule has 0 bridgehead atoms. The smallest absolute Gasteiger partial charge is 0.305 e. The molecule has 0 fully saturated rings. The van der Waals surface area contributed by atoms with Crippen LogP contribution in [0.15, 0.2) is 30.3 Å². The third-order valence-electron chi connectivity index (χ3n) is 3.32. The summed E-state index contributed by atoms with van der Waals surface area (Å²) in [6.07, 6.45) is 2.97. The van der Waals surface area contributed by atoms with E-state index in [1.54, 1.807) is 0 Å². The molecule has 0 atom stereocenters. The van der Waals surface area contributed by atoms with Gasteiger partial charge in [-0.25, -0.2) is 0 Å². The first-order valence-corrected chi connectivity index (χ1v) is 8.68. The zero-order valence-corrected chi connectivity index (χ0v) is 15.9. The van der Waals surface area contributed by atoms with Crippen LogP contribution in [-0.2, 0) is 28.7 Å². The predicted molar refractivity (Wildman–Crippen MR) is 101 cm³/mol. The van der Waals surface area contributed by atoms with Gasteiger partial charge >= 0.3 is 5.97 Å². The summed E-state index contributed by atoms with van der Waals surface area (Å²) in [5.74, 6) is -0.378. The van der Waals surface area contributed by atoms with Crippen LogP contribution in [0.1, 0.15) is 38.5 Å². The van der Waals surface area contributed by atoms with Crippen molar-refractivity contribution in [1.82, 2.24) is 5.32 Å². The van der Waals surface area contributed by atoms with E-state index in [0.717, 1.165) is 5.69 Å². The van der Waals surface area contributed by atoms with Gasteiger partial charge in [-0.2, -0.15) is 0 Å². The van der Waals surface area contributed by atoms with Crippen molar-refractivity contribution in [2.45, 2.75) is 38.5 Å². The molecule has 1 aromatic rings. The van der Waals surface area contributed by atoms with Crippen LogP contribution in [0.2, 0.25) is 0 Å². The Morgan fingerprint density at radius 1 is 0.926 bits per heavy atom. The number of esters is 1. The standard InChI is InChI=1S/C17H24N2O4.C2H4O2/c1-23-17(22)12-7-13-18-15(20)10-5-6-11-16(21)19-14-8-3-2-4-9-14;1-4-2-3/h2-4,8-9H,5-7,10-13H2,1H3,(H,18,20)(H,19,21);2H,1H3. The van der Waals surface area contributed by atoms with Crippen LogP contribution in [0.3, 0.4) is 0 Å². The molecular weight excluding hydrogens is 352 g/mol. The molecule has 0 aliphatic carbocycles. The minimum absolute atomic E-state index is 0.0466. The summed E-state index contributed by atoms with van der Waals surface area (Å²) >= 11 is 0. The molecule has 150 valence electrons. The van der Waals surface area contributed by atoms with E-state index < -0.39 is 0 Å². The summed E-state index contributed by atoms with van der Waals surface area (Å²) < 4.78 is 8.37. The number of unbranched alkanes of at least 4 members (excludes halogenated alkanes) is 1. The Bertz CT molecular complexity index is 563. The third-order valence-corrected chi connectivity index (χ3v) is 3.32. The van der Waals surface area contributed by atoms with Gasteiger partial charge in [-0.1, -0.05) is 18.2 Å². The van der Waals surface area contributed by atoms with E-state index in [9.17, 15) is 14.4 Å². The lowest BCUT2D eigenvalue weighted by molar-refractivity contribution is -0.140. The van der Waals surface area contributed by atoms with Crippen LogP contribution in [0.5, 0.6) is 0 Å². The van der Waals surface area contributed by atoms with E-state index in [-0.39, 0.29) is 17.8 Å². The molecule has 0 aliphatic heterocycles. The van der Waals surface area contributed by atoms with Crippen molar-refractivity contribution in [3.63, 3.8) is 0 Å². The second kappa shape index (κ2) is 16.6. The molecule has 0 aliphatic rings. The molecule has 2 amide bonds. The van der Waals surface area contributed by atoms with Gasteiger partial charge in [-0.3, -0.25) is 19.2 Å². The van der Waals surface area contributed by atoms with Gasteiger partial charge in [0.15, 0.2) is 0 Å². The van der Waals surface area contributed by atoms with Gasteiger partial charge in [0.05, 0.1) is 14.2 Å². The normalized spacial score (nSPS) is 9.26. The molecule has 8 nitrogen and oxygen atoms in total. The van der Waals surface area contributed by atoms with Crippen LogP contribution in [0.25, 0.3) is 0 Å². The molecular formula is C19H28N2O6. The van der Waals surface area contributed by atoms with Crippen molar-refractivity contribution in [2.24, 2.45) is 0 Å². The maximum absolute atomic E-state index is 11.7. The molecule has 0 spiro atoms. The van der Waals surface area contributed by atoms with E-state index in [2.05, 4.69) is 20.1 Å².